The minimum Gasteiger partial charge on any atom is -0.0622 e. The predicted octanol–water partition coefficient (Wildman–Crippen LogP) is 4.98. The van der Waals surface area contributed by atoms with Crippen LogP contribution in [0.1, 0.15) is 36.1 Å². The van der Waals surface area contributed by atoms with Gasteiger partial charge in [-0.1, -0.05) is 74.5 Å². The summed E-state index contributed by atoms with van der Waals surface area (Å²) < 4.78 is 0. The molecule has 0 heteroatoms. The lowest BCUT2D eigenvalue weighted by Gasteiger charge is -2.06. The van der Waals surface area contributed by atoms with Crippen molar-refractivity contribution in [2.24, 2.45) is 0 Å². The number of hydrogen-bond donors (Lipinski definition) is 0. The van der Waals surface area contributed by atoms with E-state index in [4.69, 9.17) is 0 Å². The van der Waals surface area contributed by atoms with Gasteiger partial charge in [-0.15, -0.1) is 0 Å². The predicted molar refractivity (Wildman–Crippen MR) is 80.6 cm³/mol. The highest BCUT2D eigenvalue weighted by Gasteiger charge is 1.98. The van der Waals surface area contributed by atoms with E-state index in [1.807, 2.05) is 6.07 Å². The number of hydrogen-bond acceptors (Lipinski definition) is 0. The van der Waals surface area contributed by atoms with Crippen LogP contribution in [0.5, 0.6) is 0 Å². The van der Waals surface area contributed by atoms with Gasteiger partial charge in [0.2, 0.25) is 0 Å². The molecule has 92 valence electrons. The largest absolute Gasteiger partial charge is 0.0622 e. The highest BCUT2D eigenvalue weighted by atomic mass is 14.0. The van der Waals surface area contributed by atoms with E-state index in [-0.39, 0.29) is 0 Å². The maximum absolute atomic E-state index is 2.30. The minimum atomic E-state index is 1.08. The van der Waals surface area contributed by atoms with Crippen LogP contribution in [0.15, 0.2) is 48.5 Å². The van der Waals surface area contributed by atoms with Crippen LogP contribution in [0.2, 0.25) is 0 Å². The smallest absolute Gasteiger partial charge is 0.0222 e. The fourth-order valence-electron chi connectivity index (χ4n) is 2.09. The molecule has 18 heavy (non-hydrogen) atoms. The highest BCUT2D eigenvalue weighted by Crippen LogP contribution is 2.17. The molecule has 2 aromatic rings. The normalized spacial score (nSPS) is 11.0. The van der Waals surface area contributed by atoms with E-state index in [1.54, 1.807) is 0 Å². The third-order valence-corrected chi connectivity index (χ3v) is 3.25. The Kier molecular flexibility index (Phi) is 4.35. The molecule has 0 spiro atoms. The maximum atomic E-state index is 2.30. The van der Waals surface area contributed by atoms with E-state index < -0.39 is 0 Å². The van der Waals surface area contributed by atoms with Crippen LogP contribution in [0.25, 0.3) is 12.2 Å². The van der Waals surface area contributed by atoms with Crippen LogP contribution < -0.4 is 0 Å². The SMILES string of the molecule is CCc1ccc(CC)c(C=Cc2ccccc2)c1. The highest BCUT2D eigenvalue weighted by molar-refractivity contribution is 5.71. The van der Waals surface area contributed by atoms with Gasteiger partial charge in [0.15, 0.2) is 0 Å². The van der Waals surface area contributed by atoms with Crippen molar-refractivity contribution in [2.45, 2.75) is 26.7 Å². The van der Waals surface area contributed by atoms with Crippen molar-refractivity contribution >= 4 is 12.2 Å². The number of benzene rings is 2. The Morgan fingerprint density at radius 2 is 1.61 bits per heavy atom. The average Bonchev–Trinajstić information content (AvgIpc) is 2.45. The first-order chi connectivity index (χ1) is 8.83. The van der Waals surface area contributed by atoms with Crippen LogP contribution in [0, 0.1) is 0 Å². The van der Waals surface area contributed by atoms with Gasteiger partial charge < -0.3 is 0 Å². The Balaban J connectivity index is 2.30. The molecule has 0 aromatic heterocycles. The summed E-state index contributed by atoms with van der Waals surface area (Å²) in [6.45, 7) is 4.41. The maximum Gasteiger partial charge on any atom is -0.0222 e. The Labute approximate surface area is 110 Å². The minimum absolute atomic E-state index is 1.08. The van der Waals surface area contributed by atoms with Gasteiger partial charge in [0, 0.05) is 0 Å². The lowest BCUT2D eigenvalue weighted by Crippen LogP contribution is -1.89. The van der Waals surface area contributed by atoms with Gasteiger partial charge >= 0.3 is 0 Å². The number of aryl methyl sites for hydroxylation is 2. The van der Waals surface area contributed by atoms with Crippen molar-refractivity contribution in [3.05, 3.63) is 70.8 Å². The molecule has 0 radical (unpaired) electrons. The van der Waals surface area contributed by atoms with Gasteiger partial charge in [0.25, 0.3) is 0 Å². The van der Waals surface area contributed by atoms with Gasteiger partial charge in [0.1, 0.15) is 0 Å². The topological polar surface area (TPSA) is 0 Å². The first-order valence-electron chi connectivity index (χ1n) is 6.68. The van der Waals surface area contributed by atoms with Gasteiger partial charge in [-0.3, -0.25) is 0 Å². The summed E-state index contributed by atoms with van der Waals surface area (Å²) in [5, 5.41) is 0. The summed E-state index contributed by atoms with van der Waals surface area (Å²) in [5.41, 5.74) is 5.42. The summed E-state index contributed by atoms with van der Waals surface area (Å²) in [7, 11) is 0. The molecule has 0 atom stereocenters. The molecule has 0 saturated carbocycles. The third kappa shape index (κ3) is 3.10. The molecule has 0 fully saturated rings. The first-order valence-corrected chi connectivity index (χ1v) is 6.68. The van der Waals surface area contributed by atoms with E-state index in [0.29, 0.717) is 0 Å². The fraction of sp³-hybridized carbons (Fsp3) is 0.222. The Morgan fingerprint density at radius 3 is 2.28 bits per heavy atom. The van der Waals surface area contributed by atoms with Crippen LogP contribution >= 0.6 is 0 Å². The molecule has 2 rings (SSSR count). The van der Waals surface area contributed by atoms with Crippen molar-refractivity contribution < 1.29 is 0 Å². The van der Waals surface area contributed by atoms with E-state index >= 15 is 0 Å². The van der Waals surface area contributed by atoms with E-state index in [0.717, 1.165) is 12.8 Å². The Morgan fingerprint density at radius 1 is 0.833 bits per heavy atom. The lowest BCUT2D eigenvalue weighted by molar-refractivity contribution is 1.09. The van der Waals surface area contributed by atoms with Crippen molar-refractivity contribution in [3.63, 3.8) is 0 Å². The third-order valence-electron chi connectivity index (χ3n) is 3.25. The number of rotatable bonds is 4. The van der Waals surface area contributed by atoms with Crippen LogP contribution in [0.3, 0.4) is 0 Å². The van der Waals surface area contributed by atoms with E-state index in [2.05, 4.69) is 68.5 Å². The van der Waals surface area contributed by atoms with Crippen molar-refractivity contribution in [3.8, 4) is 0 Å². The van der Waals surface area contributed by atoms with Crippen molar-refractivity contribution in [1.29, 1.82) is 0 Å². The summed E-state index contributed by atoms with van der Waals surface area (Å²) in [6, 6.07) is 17.2. The molecule has 0 bridgehead atoms. The quantitative estimate of drug-likeness (QED) is 0.657. The van der Waals surface area contributed by atoms with Gasteiger partial charge in [0.05, 0.1) is 0 Å². The Hall–Kier alpha value is -1.82. The molecule has 2 aromatic carbocycles. The van der Waals surface area contributed by atoms with E-state index in [9.17, 15) is 0 Å². The van der Waals surface area contributed by atoms with E-state index in [1.165, 1.54) is 22.3 Å². The molecule has 0 nitrogen and oxygen atoms in total. The summed E-state index contributed by atoms with van der Waals surface area (Å²) in [4.78, 5) is 0. The second kappa shape index (κ2) is 6.20. The van der Waals surface area contributed by atoms with Crippen molar-refractivity contribution in [1.82, 2.24) is 0 Å². The zero-order valence-corrected chi connectivity index (χ0v) is 11.2. The molecular formula is C18H20. The second-order valence-corrected chi connectivity index (χ2v) is 4.48. The van der Waals surface area contributed by atoms with Crippen LogP contribution in [-0.4, -0.2) is 0 Å². The zero-order valence-electron chi connectivity index (χ0n) is 11.2. The van der Waals surface area contributed by atoms with Gasteiger partial charge in [-0.2, -0.15) is 0 Å². The standard InChI is InChI=1S/C18H20/c1-3-15-10-12-17(4-2)18(14-15)13-11-16-8-6-5-7-9-16/h5-14H,3-4H2,1-2H3. The fourth-order valence-corrected chi connectivity index (χ4v) is 2.09. The molecule has 0 saturated heterocycles. The molecule has 0 aliphatic carbocycles. The molecular weight excluding hydrogens is 216 g/mol. The average molecular weight is 236 g/mol. The zero-order chi connectivity index (χ0) is 12.8. The first kappa shape index (κ1) is 12.6. The van der Waals surface area contributed by atoms with Crippen molar-refractivity contribution in [2.75, 3.05) is 0 Å². The summed E-state index contributed by atoms with van der Waals surface area (Å²) in [5.74, 6) is 0. The monoisotopic (exact) mass is 236 g/mol. The molecule has 0 amide bonds. The second-order valence-electron chi connectivity index (χ2n) is 4.48. The Bertz CT molecular complexity index is 521. The molecule has 0 unspecified atom stereocenters. The van der Waals surface area contributed by atoms with Crippen LogP contribution in [0.4, 0.5) is 0 Å². The summed E-state index contributed by atoms with van der Waals surface area (Å²) >= 11 is 0. The summed E-state index contributed by atoms with van der Waals surface area (Å²) in [6.07, 6.45) is 6.59. The van der Waals surface area contributed by atoms with Gasteiger partial charge in [-0.05, 0) is 35.1 Å². The molecule has 0 N–H and O–H groups in total. The molecule has 0 heterocycles. The van der Waals surface area contributed by atoms with Crippen LogP contribution in [-0.2, 0) is 12.8 Å². The molecule has 0 aliphatic heterocycles. The van der Waals surface area contributed by atoms with Gasteiger partial charge in [-0.25, -0.2) is 0 Å². The lowest BCUT2D eigenvalue weighted by atomic mass is 10.00. The molecule has 0 aliphatic rings.